The lowest BCUT2D eigenvalue weighted by molar-refractivity contribution is 0.256. The predicted molar refractivity (Wildman–Crippen MR) is 98.9 cm³/mol. The Labute approximate surface area is 145 Å². The van der Waals surface area contributed by atoms with E-state index >= 15 is 0 Å². The zero-order valence-corrected chi connectivity index (χ0v) is 15.4. The van der Waals surface area contributed by atoms with E-state index in [1.54, 1.807) is 14.2 Å². The molecule has 5 nitrogen and oxygen atoms in total. The van der Waals surface area contributed by atoms with Crippen LogP contribution in [-0.2, 0) is 6.54 Å². The molecule has 0 radical (unpaired) electrons. The van der Waals surface area contributed by atoms with Crippen molar-refractivity contribution in [2.45, 2.75) is 39.2 Å². The Morgan fingerprint density at radius 2 is 1.88 bits per heavy atom. The van der Waals surface area contributed by atoms with Crippen molar-refractivity contribution in [1.82, 2.24) is 10.6 Å². The average molecular weight is 333 g/mol. The minimum absolute atomic E-state index is 0.695. The third kappa shape index (κ3) is 5.05. The molecule has 2 rings (SSSR count). The molecule has 1 fully saturated rings. The first-order chi connectivity index (χ1) is 11.7. The van der Waals surface area contributed by atoms with Crippen LogP contribution in [0.15, 0.2) is 23.2 Å². The van der Waals surface area contributed by atoms with Crippen LogP contribution in [0, 0.1) is 11.8 Å². The fraction of sp³-hybridized carbons (Fsp3) is 0.632. The van der Waals surface area contributed by atoms with Crippen LogP contribution >= 0.6 is 0 Å². The summed E-state index contributed by atoms with van der Waals surface area (Å²) in [5.74, 6) is 3.89. The third-order valence-electron chi connectivity index (χ3n) is 4.95. The second-order valence-electron chi connectivity index (χ2n) is 6.52. The Bertz CT molecular complexity index is 545. The van der Waals surface area contributed by atoms with Crippen molar-refractivity contribution >= 4 is 5.96 Å². The van der Waals surface area contributed by atoms with Crippen molar-refractivity contribution in [3.05, 3.63) is 23.8 Å². The highest BCUT2D eigenvalue weighted by Crippen LogP contribution is 2.29. The highest BCUT2D eigenvalue weighted by molar-refractivity contribution is 5.79. The van der Waals surface area contributed by atoms with E-state index in [2.05, 4.69) is 22.5 Å². The van der Waals surface area contributed by atoms with Gasteiger partial charge in [-0.25, -0.2) is 0 Å². The highest BCUT2D eigenvalue weighted by Gasteiger charge is 2.21. The molecule has 2 unspecified atom stereocenters. The molecule has 0 bridgehead atoms. The van der Waals surface area contributed by atoms with Gasteiger partial charge in [0.2, 0.25) is 0 Å². The molecule has 0 saturated heterocycles. The fourth-order valence-corrected chi connectivity index (χ4v) is 3.32. The van der Waals surface area contributed by atoms with Gasteiger partial charge in [-0.15, -0.1) is 0 Å². The number of nitrogens with zero attached hydrogens (tertiary/aromatic N) is 1. The fourth-order valence-electron chi connectivity index (χ4n) is 3.32. The molecule has 24 heavy (non-hydrogen) atoms. The van der Waals surface area contributed by atoms with Crippen molar-refractivity contribution < 1.29 is 9.47 Å². The van der Waals surface area contributed by atoms with Gasteiger partial charge in [0.1, 0.15) is 0 Å². The maximum Gasteiger partial charge on any atom is 0.191 e. The summed E-state index contributed by atoms with van der Waals surface area (Å²) >= 11 is 0. The standard InChI is InChI=1S/C19H31N3O2/c1-14-7-5-6-8-16(14)13-22-19(20-2)21-12-15-9-10-17(23-3)18(11-15)24-4/h9-11,14,16H,5-8,12-13H2,1-4H3,(H2,20,21,22). The van der Waals surface area contributed by atoms with Gasteiger partial charge in [-0.05, 0) is 36.0 Å². The largest absolute Gasteiger partial charge is 0.493 e. The number of rotatable bonds is 6. The van der Waals surface area contributed by atoms with E-state index in [1.807, 2.05) is 25.2 Å². The van der Waals surface area contributed by atoms with Crippen LogP contribution in [0.4, 0.5) is 0 Å². The Morgan fingerprint density at radius 3 is 2.54 bits per heavy atom. The summed E-state index contributed by atoms with van der Waals surface area (Å²) in [5, 5.41) is 6.85. The molecule has 134 valence electrons. The molecule has 5 heteroatoms. The minimum atomic E-state index is 0.695. The van der Waals surface area contributed by atoms with Gasteiger partial charge in [0.25, 0.3) is 0 Å². The molecular formula is C19H31N3O2. The van der Waals surface area contributed by atoms with Crippen LogP contribution in [0.5, 0.6) is 11.5 Å². The zero-order valence-electron chi connectivity index (χ0n) is 15.4. The summed E-state index contributed by atoms with van der Waals surface area (Å²) < 4.78 is 10.6. The highest BCUT2D eigenvalue weighted by atomic mass is 16.5. The van der Waals surface area contributed by atoms with E-state index in [0.29, 0.717) is 6.54 Å². The van der Waals surface area contributed by atoms with Crippen molar-refractivity contribution in [3.63, 3.8) is 0 Å². The number of hydrogen-bond acceptors (Lipinski definition) is 3. The lowest BCUT2D eigenvalue weighted by Gasteiger charge is -2.29. The molecule has 1 saturated carbocycles. The first-order valence-electron chi connectivity index (χ1n) is 8.83. The Balaban J connectivity index is 1.85. The molecule has 0 aromatic heterocycles. The topological polar surface area (TPSA) is 54.9 Å². The molecule has 0 heterocycles. The first-order valence-corrected chi connectivity index (χ1v) is 8.83. The van der Waals surface area contributed by atoms with Gasteiger partial charge in [0.05, 0.1) is 14.2 Å². The van der Waals surface area contributed by atoms with Crippen molar-refractivity contribution in [2.24, 2.45) is 16.8 Å². The van der Waals surface area contributed by atoms with Gasteiger partial charge in [-0.3, -0.25) is 4.99 Å². The summed E-state index contributed by atoms with van der Waals surface area (Å²) in [6.07, 6.45) is 5.41. The van der Waals surface area contributed by atoms with Gasteiger partial charge in [-0.2, -0.15) is 0 Å². The number of aliphatic imine (C=N–C) groups is 1. The lowest BCUT2D eigenvalue weighted by Crippen LogP contribution is -2.41. The number of nitrogens with one attached hydrogen (secondary N) is 2. The van der Waals surface area contributed by atoms with Gasteiger partial charge >= 0.3 is 0 Å². The molecule has 0 spiro atoms. The van der Waals surface area contributed by atoms with Crippen LogP contribution in [-0.4, -0.2) is 33.8 Å². The van der Waals surface area contributed by atoms with E-state index < -0.39 is 0 Å². The Morgan fingerprint density at radius 1 is 1.12 bits per heavy atom. The van der Waals surface area contributed by atoms with Crippen LogP contribution in [0.25, 0.3) is 0 Å². The summed E-state index contributed by atoms with van der Waals surface area (Å²) in [4.78, 5) is 4.33. The predicted octanol–water partition coefficient (Wildman–Crippen LogP) is 3.20. The monoisotopic (exact) mass is 333 g/mol. The minimum Gasteiger partial charge on any atom is -0.493 e. The maximum absolute atomic E-state index is 5.35. The summed E-state index contributed by atoms with van der Waals surface area (Å²) in [5.41, 5.74) is 1.13. The molecule has 2 N–H and O–H groups in total. The number of guanidine groups is 1. The second kappa shape index (κ2) is 9.40. The molecule has 1 aromatic carbocycles. The maximum atomic E-state index is 5.35. The molecular weight excluding hydrogens is 302 g/mol. The van der Waals surface area contributed by atoms with Gasteiger partial charge in [-0.1, -0.05) is 32.3 Å². The van der Waals surface area contributed by atoms with Gasteiger partial charge in [0, 0.05) is 20.1 Å². The van der Waals surface area contributed by atoms with Crippen molar-refractivity contribution in [1.29, 1.82) is 0 Å². The summed E-state index contributed by atoms with van der Waals surface area (Å²) in [6, 6.07) is 5.95. The van der Waals surface area contributed by atoms with E-state index in [-0.39, 0.29) is 0 Å². The summed E-state index contributed by atoms with van der Waals surface area (Å²) in [7, 11) is 5.11. The van der Waals surface area contributed by atoms with E-state index in [1.165, 1.54) is 25.7 Å². The number of methoxy groups -OCH3 is 2. The number of benzene rings is 1. The van der Waals surface area contributed by atoms with Crippen LogP contribution in [0.2, 0.25) is 0 Å². The van der Waals surface area contributed by atoms with E-state index in [4.69, 9.17) is 9.47 Å². The second-order valence-corrected chi connectivity index (χ2v) is 6.52. The van der Waals surface area contributed by atoms with Crippen LogP contribution < -0.4 is 20.1 Å². The molecule has 0 amide bonds. The SMILES string of the molecule is CN=C(NCc1ccc(OC)c(OC)c1)NCC1CCCCC1C. The van der Waals surface area contributed by atoms with Crippen LogP contribution in [0.3, 0.4) is 0 Å². The molecule has 0 aliphatic heterocycles. The number of hydrogen-bond donors (Lipinski definition) is 2. The molecule has 1 aliphatic rings. The average Bonchev–Trinajstić information content (AvgIpc) is 2.62. The molecule has 2 atom stereocenters. The first kappa shape index (κ1) is 18.4. The van der Waals surface area contributed by atoms with E-state index in [0.717, 1.165) is 41.4 Å². The quantitative estimate of drug-likeness (QED) is 0.620. The molecule has 1 aromatic rings. The van der Waals surface area contributed by atoms with Crippen molar-refractivity contribution in [3.8, 4) is 11.5 Å². The Hall–Kier alpha value is -1.91. The van der Waals surface area contributed by atoms with Gasteiger partial charge in [0.15, 0.2) is 17.5 Å². The van der Waals surface area contributed by atoms with Crippen LogP contribution in [0.1, 0.15) is 38.2 Å². The Kier molecular flexibility index (Phi) is 7.22. The van der Waals surface area contributed by atoms with Gasteiger partial charge < -0.3 is 20.1 Å². The van der Waals surface area contributed by atoms with E-state index in [9.17, 15) is 0 Å². The summed E-state index contributed by atoms with van der Waals surface area (Å²) in [6.45, 7) is 4.05. The van der Waals surface area contributed by atoms with Crippen molar-refractivity contribution in [2.75, 3.05) is 27.8 Å². The third-order valence-corrected chi connectivity index (χ3v) is 4.95. The zero-order chi connectivity index (χ0) is 17.4. The number of ether oxygens (including phenoxy) is 2. The normalized spacial score (nSPS) is 21.2. The lowest BCUT2D eigenvalue weighted by atomic mass is 9.80. The molecule has 1 aliphatic carbocycles. The smallest absolute Gasteiger partial charge is 0.191 e.